The number of urea groups is 1. The van der Waals surface area contributed by atoms with E-state index >= 15 is 0 Å². The monoisotopic (exact) mass is 552 g/mol. The molecule has 0 spiro atoms. The number of hydrogen-bond donors (Lipinski definition) is 1. The number of nitro benzene ring substituents is 1. The van der Waals surface area contributed by atoms with Gasteiger partial charge in [-0.1, -0.05) is 28.9 Å². The largest absolute Gasteiger partial charge is 0.490 e. The van der Waals surface area contributed by atoms with Crippen LogP contribution >= 0.6 is 11.6 Å². The third kappa shape index (κ3) is 5.28. The zero-order valence-corrected chi connectivity index (χ0v) is 21.9. The zero-order chi connectivity index (χ0) is 27.7. The standard InChI is InChI=1S/C26H25ClN6O6/c1-15(2)38-21-13-18(33(36)37)7-8-19(21)25-30-23(16-3-5-17(27)6-4-16)24(20-9-10-29-39-20)32(25)26(35)31-12-11-28-22(34)14-31/h3-10,13,15,23-24H,11-12,14H2,1-2H3,(H,28,34)/t23-,24+/m0/s1. The van der Waals surface area contributed by atoms with Gasteiger partial charge in [0.2, 0.25) is 5.91 Å². The molecule has 3 amide bonds. The van der Waals surface area contributed by atoms with Gasteiger partial charge in [0.1, 0.15) is 30.2 Å². The first-order valence-corrected chi connectivity index (χ1v) is 12.6. The van der Waals surface area contributed by atoms with Crippen LogP contribution in [-0.2, 0) is 4.79 Å². The molecule has 2 aliphatic heterocycles. The number of non-ortho nitro benzene ring substituents is 1. The van der Waals surface area contributed by atoms with E-state index in [-0.39, 0.29) is 35.8 Å². The summed E-state index contributed by atoms with van der Waals surface area (Å²) in [6, 6.07) is 11.0. The van der Waals surface area contributed by atoms with Gasteiger partial charge in [0.25, 0.3) is 5.69 Å². The number of aliphatic imine (C=N–C) groups is 1. The molecular formula is C26H25ClN6O6. The highest BCUT2D eigenvalue weighted by molar-refractivity contribution is 6.30. The van der Waals surface area contributed by atoms with Gasteiger partial charge in [-0.3, -0.25) is 24.8 Å². The number of ether oxygens (including phenoxy) is 1. The van der Waals surface area contributed by atoms with Crippen molar-refractivity contribution in [2.75, 3.05) is 19.6 Å². The summed E-state index contributed by atoms with van der Waals surface area (Å²) < 4.78 is 11.5. The summed E-state index contributed by atoms with van der Waals surface area (Å²) >= 11 is 6.14. The summed E-state index contributed by atoms with van der Waals surface area (Å²) in [5.41, 5.74) is 0.961. The molecule has 0 saturated carbocycles. The van der Waals surface area contributed by atoms with Crippen LogP contribution in [0.4, 0.5) is 10.5 Å². The molecule has 0 aliphatic carbocycles. The van der Waals surface area contributed by atoms with Crippen LogP contribution in [0.5, 0.6) is 5.75 Å². The lowest BCUT2D eigenvalue weighted by Crippen LogP contribution is -2.55. The first-order valence-electron chi connectivity index (χ1n) is 12.3. The molecule has 2 aromatic carbocycles. The summed E-state index contributed by atoms with van der Waals surface area (Å²) in [7, 11) is 0. The molecule has 39 heavy (non-hydrogen) atoms. The van der Waals surface area contributed by atoms with Crippen LogP contribution in [0.3, 0.4) is 0 Å². The van der Waals surface area contributed by atoms with Crippen molar-refractivity contribution in [2.24, 2.45) is 4.99 Å². The molecule has 1 saturated heterocycles. The molecule has 1 aromatic heterocycles. The number of piperazine rings is 1. The predicted octanol–water partition coefficient (Wildman–Crippen LogP) is 4.12. The maximum atomic E-state index is 14.1. The fourth-order valence-electron chi connectivity index (χ4n) is 4.64. The Morgan fingerprint density at radius 2 is 2.00 bits per heavy atom. The molecule has 5 rings (SSSR count). The van der Waals surface area contributed by atoms with Crippen molar-refractivity contribution >= 4 is 35.1 Å². The summed E-state index contributed by atoms with van der Waals surface area (Å²) in [5.74, 6) is 0.506. The lowest BCUT2D eigenvalue weighted by atomic mass is 9.98. The van der Waals surface area contributed by atoms with Crippen LogP contribution in [0.2, 0.25) is 5.02 Å². The maximum absolute atomic E-state index is 14.1. The quantitative estimate of drug-likeness (QED) is 0.358. The van der Waals surface area contributed by atoms with Gasteiger partial charge < -0.3 is 19.5 Å². The van der Waals surface area contributed by atoms with Crippen molar-refractivity contribution in [3.8, 4) is 5.75 Å². The Labute approximate surface area is 228 Å². The van der Waals surface area contributed by atoms with Crippen molar-refractivity contribution in [1.82, 2.24) is 20.3 Å². The van der Waals surface area contributed by atoms with E-state index in [1.807, 2.05) is 0 Å². The topological polar surface area (TPSA) is 143 Å². The molecule has 2 atom stereocenters. The van der Waals surface area contributed by atoms with E-state index in [1.54, 1.807) is 44.2 Å². The smallest absolute Gasteiger partial charge is 0.326 e. The lowest BCUT2D eigenvalue weighted by molar-refractivity contribution is -0.384. The molecule has 12 nitrogen and oxygen atoms in total. The van der Waals surface area contributed by atoms with Crippen LogP contribution in [0.15, 0.2) is 64.2 Å². The van der Waals surface area contributed by atoms with Gasteiger partial charge in [0.15, 0.2) is 5.76 Å². The number of nitro groups is 1. The minimum Gasteiger partial charge on any atom is -0.490 e. The molecule has 0 bridgehead atoms. The number of nitrogens with one attached hydrogen (secondary N) is 1. The number of aromatic nitrogens is 1. The van der Waals surface area contributed by atoms with Crippen molar-refractivity contribution in [3.05, 3.63) is 86.8 Å². The highest BCUT2D eigenvalue weighted by atomic mass is 35.5. The summed E-state index contributed by atoms with van der Waals surface area (Å²) in [5, 5.41) is 18.6. The molecule has 2 aliphatic rings. The normalized spacial score (nSPS) is 19.2. The number of halogens is 1. The Balaban J connectivity index is 1.70. The van der Waals surface area contributed by atoms with Crippen LogP contribution in [-0.4, -0.2) is 63.4 Å². The zero-order valence-electron chi connectivity index (χ0n) is 21.1. The molecule has 0 radical (unpaired) electrons. The van der Waals surface area contributed by atoms with Gasteiger partial charge in [-0.25, -0.2) is 4.79 Å². The second kappa shape index (κ2) is 10.7. The Hall–Kier alpha value is -4.45. The van der Waals surface area contributed by atoms with E-state index in [9.17, 15) is 19.7 Å². The van der Waals surface area contributed by atoms with Gasteiger partial charge in [-0.2, -0.15) is 0 Å². The van der Waals surface area contributed by atoms with E-state index in [0.29, 0.717) is 29.4 Å². The van der Waals surface area contributed by atoms with E-state index < -0.39 is 23.0 Å². The van der Waals surface area contributed by atoms with Crippen molar-refractivity contribution in [2.45, 2.75) is 32.0 Å². The number of nitrogens with zero attached hydrogens (tertiary/aromatic N) is 5. The fraction of sp³-hybridized carbons (Fsp3) is 0.308. The molecular weight excluding hydrogens is 528 g/mol. The Kier molecular flexibility index (Phi) is 7.20. The van der Waals surface area contributed by atoms with E-state index in [2.05, 4.69) is 10.5 Å². The number of rotatable bonds is 6. The van der Waals surface area contributed by atoms with Gasteiger partial charge in [-0.15, -0.1) is 0 Å². The van der Waals surface area contributed by atoms with Crippen molar-refractivity contribution < 1.29 is 23.8 Å². The Morgan fingerprint density at radius 1 is 1.23 bits per heavy atom. The number of carbonyl (C=O) groups is 2. The minimum atomic E-state index is -0.775. The number of carbonyl (C=O) groups excluding carboxylic acids is 2. The second-order valence-corrected chi connectivity index (χ2v) is 9.77. The van der Waals surface area contributed by atoms with Gasteiger partial charge in [-0.05, 0) is 37.6 Å². The van der Waals surface area contributed by atoms with E-state index in [0.717, 1.165) is 5.56 Å². The van der Waals surface area contributed by atoms with Crippen molar-refractivity contribution in [3.63, 3.8) is 0 Å². The first-order chi connectivity index (χ1) is 18.7. The highest BCUT2D eigenvalue weighted by Gasteiger charge is 2.47. The molecule has 1 N–H and O–H groups in total. The van der Waals surface area contributed by atoms with E-state index in [1.165, 1.54) is 34.2 Å². The molecule has 0 unspecified atom stereocenters. The third-order valence-electron chi connectivity index (χ3n) is 6.32. The van der Waals surface area contributed by atoms with Crippen LogP contribution in [0, 0.1) is 10.1 Å². The van der Waals surface area contributed by atoms with Crippen molar-refractivity contribution in [1.29, 1.82) is 0 Å². The molecule has 1 fully saturated rings. The number of amides is 3. The summed E-state index contributed by atoms with van der Waals surface area (Å²) in [4.78, 5) is 45.2. The minimum absolute atomic E-state index is 0.132. The van der Waals surface area contributed by atoms with Gasteiger partial charge >= 0.3 is 6.03 Å². The summed E-state index contributed by atoms with van der Waals surface area (Å²) in [6.45, 7) is 4.05. The lowest BCUT2D eigenvalue weighted by Gasteiger charge is -2.34. The van der Waals surface area contributed by atoms with Crippen LogP contribution < -0.4 is 10.1 Å². The Bertz CT molecular complexity index is 1430. The Morgan fingerprint density at radius 3 is 2.64 bits per heavy atom. The maximum Gasteiger partial charge on any atom is 0.326 e. The SMILES string of the molecule is CC(C)Oc1cc([N+](=O)[O-])ccc1C1=N[C@@H](c2ccc(Cl)cc2)[C@@H](c2ccno2)N1C(=O)N1CCNC(=O)C1. The molecule has 202 valence electrons. The first kappa shape index (κ1) is 26.2. The highest BCUT2D eigenvalue weighted by Crippen LogP contribution is 2.45. The predicted molar refractivity (Wildman–Crippen MR) is 141 cm³/mol. The number of hydrogen-bond acceptors (Lipinski definition) is 8. The van der Waals surface area contributed by atoms with E-state index in [4.69, 9.17) is 25.9 Å². The number of benzene rings is 2. The average Bonchev–Trinajstić information content (AvgIpc) is 3.56. The second-order valence-electron chi connectivity index (χ2n) is 9.34. The fourth-order valence-corrected chi connectivity index (χ4v) is 4.77. The van der Waals surface area contributed by atoms with Crippen LogP contribution in [0.25, 0.3) is 0 Å². The molecule has 13 heteroatoms. The van der Waals surface area contributed by atoms with Gasteiger partial charge in [0.05, 0.1) is 28.9 Å². The average molecular weight is 553 g/mol. The molecule has 3 heterocycles. The third-order valence-corrected chi connectivity index (χ3v) is 6.57. The molecule has 3 aromatic rings. The number of amidine groups is 1. The van der Waals surface area contributed by atoms with Crippen LogP contribution in [0.1, 0.15) is 42.8 Å². The van der Waals surface area contributed by atoms with Gasteiger partial charge in [0, 0.05) is 30.2 Å². The summed E-state index contributed by atoms with van der Waals surface area (Å²) in [6.07, 6.45) is 1.16.